The van der Waals surface area contributed by atoms with Crippen molar-refractivity contribution >= 4 is 22.3 Å². The van der Waals surface area contributed by atoms with Crippen LogP contribution in [0.2, 0.25) is 0 Å². The maximum Gasteiger partial charge on any atom is 0.242 e. The van der Waals surface area contributed by atoms with Crippen LogP contribution in [0.3, 0.4) is 0 Å². The van der Waals surface area contributed by atoms with E-state index >= 15 is 0 Å². The average Bonchev–Trinajstić information content (AvgIpc) is 3.18. The molecule has 2 aromatic heterocycles. The number of pyridine rings is 1. The number of nitrogens with zero attached hydrogens (tertiary/aromatic N) is 3. The minimum absolute atomic E-state index is 0. The Morgan fingerprint density at radius 2 is 1.58 bits per heavy atom. The van der Waals surface area contributed by atoms with E-state index in [1.807, 2.05) is 95.3 Å². The molecule has 2 aliphatic rings. The summed E-state index contributed by atoms with van der Waals surface area (Å²) in [6, 6.07) is 12.4. The number of fused-ring (bicyclic) bond motifs is 1. The molecule has 3 aromatic rings. The Bertz CT molecular complexity index is 1580. The van der Waals surface area contributed by atoms with Gasteiger partial charge in [0.25, 0.3) is 0 Å². The molecule has 0 saturated heterocycles. The van der Waals surface area contributed by atoms with Crippen LogP contribution < -0.4 is 4.57 Å². The summed E-state index contributed by atoms with van der Waals surface area (Å²) in [6.45, 7) is 6.59. The van der Waals surface area contributed by atoms with Crippen LogP contribution in [-0.4, -0.2) is 9.55 Å². The maximum atomic E-state index is 6.35. The molecule has 38 heavy (non-hydrogen) atoms. The number of benzene rings is 1. The monoisotopic (exact) mass is 678 g/mol. The first kappa shape index (κ1) is 27.3. The second kappa shape index (κ2) is 11.7. The van der Waals surface area contributed by atoms with Crippen molar-refractivity contribution in [1.82, 2.24) is 9.55 Å². The first-order valence-corrected chi connectivity index (χ1v) is 12.3. The molecule has 5 rings (SSSR count). The van der Waals surface area contributed by atoms with Crippen LogP contribution in [0, 0.1) is 18.5 Å². The molecule has 2 heterocycles. The third-order valence-electron chi connectivity index (χ3n) is 6.06. The number of hydrogen-bond donors (Lipinski definition) is 0. The Balaban J connectivity index is 0.00000336. The summed E-state index contributed by atoms with van der Waals surface area (Å²) in [5.74, 6) is 1.14. The number of aryl methyl sites for hydroxylation is 1. The molecule has 5 heteroatoms. The zero-order valence-corrected chi connectivity index (χ0v) is 24.2. The molecule has 0 saturated carbocycles. The first-order chi connectivity index (χ1) is 17.9. The van der Waals surface area contributed by atoms with Gasteiger partial charge in [0.05, 0.1) is 18.1 Å². The molecule has 2 aliphatic carbocycles. The molecule has 0 fully saturated rings. The molecule has 0 amide bonds. The molecular weight excluding hydrogens is 649 g/mol. The fourth-order valence-electron chi connectivity index (χ4n) is 4.08. The molecule has 0 radical (unpaired) electrons. The van der Waals surface area contributed by atoms with Gasteiger partial charge in [0, 0.05) is 38.8 Å². The van der Waals surface area contributed by atoms with Gasteiger partial charge in [-0.2, -0.15) is 6.08 Å². The Morgan fingerprint density at radius 3 is 2.34 bits per heavy atom. The largest absolute Gasteiger partial charge is 0.504 e. The fraction of sp³-hybridized carbons (Fsp3) is 0.152. The molecule has 194 valence electrons. The van der Waals surface area contributed by atoms with E-state index in [1.54, 1.807) is 0 Å². The van der Waals surface area contributed by atoms with Crippen molar-refractivity contribution in [3.63, 3.8) is 0 Å². The predicted octanol–water partition coefficient (Wildman–Crippen LogP) is 6.52. The van der Waals surface area contributed by atoms with Gasteiger partial charge in [0.2, 0.25) is 6.33 Å². The average molecular weight is 679 g/mol. The van der Waals surface area contributed by atoms with Gasteiger partial charge in [0.1, 0.15) is 0 Å². The van der Waals surface area contributed by atoms with Gasteiger partial charge in [-0.1, -0.05) is 81.1 Å². The van der Waals surface area contributed by atoms with E-state index in [0.29, 0.717) is 11.5 Å². The van der Waals surface area contributed by atoms with Gasteiger partial charge in [-0.15, -0.1) is 48.1 Å². The van der Waals surface area contributed by atoms with Crippen LogP contribution in [0.15, 0.2) is 115 Å². The van der Waals surface area contributed by atoms with Crippen LogP contribution in [0.5, 0.6) is 0 Å². The topological polar surface area (TPSA) is 30.9 Å². The van der Waals surface area contributed by atoms with Crippen molar-refractivity contribution in [1.29, 1.82) is 0 Å². The van der Waals surface area contributed by atoms with E-state index < -0.39 is 0 Å². The zero-order chi connectivity index (χ0) is 25.8. The standard InChI is InChI=1S/C33H29N3O.Pt/c1-33(2,3)26-19-20-34-30(22-26)25-13-7-5-9-15-28(21-25)37-29-16-10-6-8-14-27(23-29)36-24-35(4)31-17-11-12-18-32(31)36;/h5-20,22H,1-4H3;/q-2;/b7-5?,8-6?,9-5-,10-6-,13-7-,14-8-,15-9?,16-10?,25-13?,27-14?,28-15+,29-16+;. The number of imidazole rings is 1. The number of ether oxygens (including phenoxy) is 1. The summed E-state index contributed by atoms with van der Waals surface area (Å²) in [5, 5.41) is 0. The first-order valence-electron chi connectivity index (χ1n) is 12.3. The van der Waals surface area contributed by atoms with E-state index in [0.717, 1.165) is 28.0 Å². The van der Waals surface area contributed by atoms with Gasteiger partial charge in [0.15, 0.2) is 0 Å². The summed E-state index contributed by atoms with van der Waals surface area (Å²) in [4.78, 5) is 4.62. The third-order valence-corrected chi connectivity index (χ3v) is 6.06. The van der Waals surface area contributed by atoms with Crippen molar-refractivity contribution in [3.05, 3.63) is 145 Å². The zero-order valence-electron chi connectivity index (χ0n) is 21.9. The molecule has 0 aliphatic heterocycles. The van der Waals surface area contributed by atoms with Gasteiger partial charge in [-0.05, 0) is 22.7 Å². The van der Waals surface area contributed by atoms with Gasteiger partial charge in [-0.25, -0.2) is 0 Å². The SMILES string of the molecule is Cn1[c-][n+](C2=[C-]/C(OC3=C/C=C\C=C/C(c4cc(C(C)(C)C)ccn4)=[C-]\3)=C\C=C/C=C\2)c2ccccc21.[Pt]. The minimum Gasteiger partial charge on any atom is -0.504 e. The summed E-state index contributed by atoms with van der Waals surface area (Å²) < 4.78 is 10.3. The number of para-hydroxylation sites is 2. The maximum absolute atomic E-state index is 6.35. The Hall–Kier alpha value is -3.75. The molecular formula is C33H29N3OPt-2. The predicted molar refractivity (Wildman–Crippen MR) is 148 cm³/mol. The van der Waals surface area contributed by atoms with E-state index in [-0.39, 0.29) is 26.5 Å². The van der Waals surface area contributed by atoms with Crippen molar-refractivity contribution in [2.75, 3.05) is 0 Å². The Labute approximate surface area is 239 Å². The summed E-state index contributed by atoms with van der Waals surface area (Å²) in [5.41, 5.74) is 5.88. The van der Waals surface area contributed by atoms with Crippen molar-refractivity contribution in [2.45, 2.75) is 26.2 Å². The second-order valence-corrected chi connectivity index (χ2v) is 9.86. The quantitative estimate of drug-likeness (QED) is 0.233. The van der Waals surface area contributed by atoms with Crippen LogP contribution in [0.4, 0.5) is 0 Å². The van der Waals surface area contributed by atoms with Crippen LogP contribution in [-0.2, 0) is 38.3 Å². The van der Waals surface area contributed by atoms with Gasteiger partial charge >= 0.3 is 0 Å². The Kier molecular flexibility index (Phi) is 8.44. The van der Waals surface area contributed by atoms with Crippen LogP contribution in [0.1, 0.15) is 32.0 Å². The molecule has 0 atom stereocenters. The number of aromatic nitrogens is 3. The minimum atomic E-state index is 0. The normalized spacial score (nSPS) is 24.2. The summed E-state index contributed by atoms with van der Waals surface area (Å²) >= 11 is 0. The molecule has 0 bridgehead atoms. The molecule has 4 nitrogen and oxygen atoms in total. The molecule has 0 spiro atoms. The van der Waals surface area contributed by atoms with Crippen LogP contribution >= 0.6 is 0 Å². The second-order valence-electron chi connectivity index (χ2n) is 9.86. The number of hydrogen-bond acceptors (Lipinski definition) is 2. The summed E-state index contributed by atoms with van der Waals surface area (Å²) in [6.07, 6.45) is 31.7. The van der Waals surface area contributed by atoms with Gasteiger partial charge in [-0.3, -0.25) is 0 Å². The Morgan fingerprint density at radius 1 is 0.868 bits per heavy atom. The number of rotatable bonds is 4. The molecule has 1 aromatic carbocycles. The fourth-order valence-corrected chi connectivity index (χ4v) is 4.08. The summed E-state index contributed by atoms with van der Waals surface area (Å²) in [7, 11) is 1.99. The van der Waals surface area contributed by atoms with Crippen LogP contribution in [0.25, 0.3) is 22.3 Å². The van der Waals surface area contributed by atoms with E-state index in [1.165, 1.54) is 5.56 Å². The number of allylic oxidation sites excluding steroid dienone is 14. The van der Waals surface area contributed by atoms with E-state index in [9.17, 15) is 0 Å². The van der Waals surface area contributed by atoms with Crippen molar-refractivity contribution in [2.24, 2.45) is 7.05 Å². The molecule has 0 unspecified atom stereocenters. The van der Waals surface area contributed by atoms with Crippen molar-refractivity contribution in [3.8, 4) is 0 Å². The van der Waals surface area contributed by atoms with Gasteiger partial charge < -0.3 is 18.9 Å². The van der Waals surface area contributed by atoms with E-state index in [4.69, 9.17) is 4.74 Å². The van der Waals surface area contributed by atoms with Crippen molar-refractivity contribution < 1.29 is 30.4 Å². The smallest absolute Gasteiger partial charge is 0.242 e. The third kappa shape index (κ3) is 6.20. The molecule has 0 N–H and O–H groups in total. The van der Waals surface area contributed by atoms with E-state index in [2.05, 4.69) is 68.5 Å².